The van der Waals surface area contributed by atoms with E-state index in [4.69, 9.17) is 9.47 Å². The van der Waals surface area contributed by atoms with Crippen molar-refractivity contribution in [3.8, 4) is 0 Å². The van der Waals surface area contributed by atoms with Gasteiger partial charge in [0.25, 0.3) is 0 Å². The van der Waals surface area contributed by atoms with E-state index in [-0.39, 0.29) is 23.9 Å². The smallest absolute Gasteiger partial charge is 0.113 e. The predicted octanol–water partition coefficient (Wildman–Crippen LogP) is 3.30. The van der Waals surface area contributed by atoms with E-state index in [1.165, 1.54) is 12.0 Å². The summed E-state index contributed by atoms with van der Waals surface area (Å²) in [4.78, 5) is 0. The van der Waals surface area contributed by atoms with Crippen LogP contribution in [-0.2, 0) is 16.1 Å². The van der Waals surface area contributed by atoms with Crippen molar-refractivity contribution in [3.63, 3.8) is 0 Å². The molecular weight excluding hydrogens is 264 g/mol. The fourth-order valence-electron chi connectivity index (χ4n) is 3.60. The highest BCUT2D eigenvalue weighted by atomic mass is 16.6. The first kappa shape index (κ1) is 15.0. The molecule has 1 aliphatic carbocycles. The van der Waals surface area contributed by atoms with Crippen molar-refractivity contribution < 1.29 is 14.6 Å². The van der Waals surface area contributed by atoms with Gasteiger partial charge in [0.15, 0.2) is 0 Å². The lowest BCUT2D eigenvalue weighted by Gasteiger charge is -2.37. The largest absolute Gasteiger partial charge is 0.393 e. The van der Waals surface area contributed by atoms with Crippen LogP contribution >= 0.6 is 0 Å². The SMILES string of the molecule is CCCC[C@@H]1[C@H]2O[C@H]2[C@@](C)(OCc2ccccc2)C[C@@H]1O. The van der Waals surface area contributed by atoms with Gasteiger partial charge < -0.3 is 14.6 Å². The highest BCUT2D eigenvalue weighted by molar-refractivity contribution is 5.15. The zero-order valence-electron chi connectivity index (χ0n) is 13.0. The van der Waals surface area contributed by atoms with Crippen LogP contribution in [0.3, 0.4) is 0 Å². The first-order valence-electron chi connectivity index (χ1n) is 8.15. The summed E-state index contributed by atoms with van der Waals surface area (Å²) in [6, 6.07) is 10.2. The van der Waals surface area contributed by atoms with Gasteiger partial charge in [0.05, 0.1) is 24.4 Å². The van der Waals surface area contributed by atoms with Crippen LogP contribution in [0, 0.1) is 5.92 Å². The van der Waals surface area contributed by atoms with Crippen LogP contribution < -0.4 is 0 Å². The van der Waals surface area contributed by atoms with Crippen LogP contribution in [0.4, 0.5) is 0 Å². The molecule has 0 aromatic heterocycles. The van der Waals surface area contributed by atoms with Gasteiger partial charge in [0, 0.05) is 12.3 Å². The summed E-state index contributed by atoms with van der Waals surface area (Å²) in [6.45, 7) is 4.85. The first-order valence-corrected chi connectivity index (χ1v) is 8.15. The van der Waals surface area contributed by atoms with Gasteiger partial charge in [-0.25, -0.2) is 0 Å². The topological polar surface area (TPSA) is 42.0 Å². The number of hydrogen-bond donors (Lipinski definition) is 1. The summed E-state index contributed by atoms with van der Waals surface area (Å²) in [5, 5.41) is 10.5. The molecule has 2 aliphatic rings. The number of ether oxygens (including phenoxy) is 2. The highest BCUT2D eigenvalue weighted by Crippen LogP contribution is 2.50. The first-order chi connectivity index (χ1) is 10.1. The molecule has 0 radical (unpaired) electrons. The summed E-state index contributed by atoms with van der Waals surface area (Å²) < 4.78 is 12.0. The molecule has 116 valence electrons. The van der Waals surface area contributed by atoms with E-state index >= 15 is 0 Å². The Morgan fingerprint density at radius 2 is 2.10 bits per heavy atom. The molecule has 1 aromatic carbocycles. The average Bonchev–Trinajstić information content (AvgIpc) is 3.28. The van der Waals surface area contributed by atoms with Gasteiger partial charge >= 0.3 is 0 Å². The van der Waals surface area contributed by atoms with Crippen LogP contribution in [0.5, 0.6) is 0 Å². The molecule has 0 bridgehead atoms. The quantitative estimate of drug-likeness (QED) is 0.817. The van der Waals surface area contributed by atoms with Gasteiger partial charge in [0.2, 0.25) is 0 Å². The summed E-state index contributed by atoms with van der Waals surface area (Å²) in [7, 11) is 0. The van der Waals surface area contributed by atoms with Crippen molar-refractivity contribution in [1.82, 2.24) is 0 Å². The molecule has 2 fully saturated rings. The number of benzene rings is 1. The van der Waals surface area contributed by atoms with Gasteiger partial charge in [-0.05, 0) is 18.9 Å². The molecule has 1 heterocycles. The van der Waals surface area contributed by atoms with E-state index in [1.807, 2.05) is 18.2 Å². The molecule has 1 aliphatic heterocycles. The molecule has 1 N–H and O–H groups in total. The Bertz CT molecular complexity index is 459. The number of aliphatic hydroxyl groups excluding tert-OH is 1. The maximum atomic E-state index is 10.5. The molecule has 0 spiro atoms. The number of rotatable bonds is 6. The molecule has 0 unspecified atom stereocenters. The van der Waals surface area contributed by atoms with Crippen molar-refractivity contribution in [2.75, 3.05) is 0 Å². The molecule has 1 saturated carbocycles. The number of unbranched alkanes of at least 4 members (excludes halogenated alkanes) is 1. The Labute approximate surface area is 127 Å². The highest BCUT2D eigenvalue weighted by Gasteiger charge is 2.62. The second-order valence-electron chi connectivity index (χ2n) is 6.69. The van der Waals surface area contributed by atoms with E-state index in [1.54, 1.807) is 0 Å². The van der Waals surface area contributed by atoms with E-state index in [2.05, 4.69) is 26.0 Å². The van der Waals surface area contributed by atoms with Gasteiger partial charge in [-0.2, -0.15) is 0 Å². The van der Waals surface area contributed by atoms with Crippen molar-refractivity contribution in [2.45, 2.75) is 70.1 Å². The second-order valence-corrected chi connectivity index (χ2v) is 6.69. The standard InChI is InChI=1S/C18H26O3/c1-3-4-10-14-15(19)11-18(2,17-16(14)21-17)20-12-13-8-6-5-7-9-13/h5-9,14-17,19H,3-4,10-12H2,1-2H3/t14-,15-,16+,17+,18-/m0/s1. The van der Waals surface area contributed by atoms with Crippen LogP contribution in [0.15, 0.2) is 30.3 Å². The Kier molecular flexibility index (Phi) is 4.34. The minimum Gasteiger partial charge on any atom is -0.393 e. The Balaban J connectivity index is 1.60. The third-order valence-corrected chi connectivity index (χ3v) is 4.96. The molecule has 1 aromatic rings. The van der Waals surface area contributed by atoms with Crippen LogP contribution in [0.25, 0.3) is 0 Å². The monoisotopic (exact) mass is 290 g/mol. The van der Waals surface area contributed by atoms with Gasteiger partial charge in [-0.1, -0.05) is 50.1 Å². The van der Waals surface area contributed by atoms with Crippen molar-refractivity contribution in [1.29, 1.82) is 0 Å². The van der Waals surface area contributed by atoms with E-state index in [0.29, 0.717) is 18.9 Å². The van der Waals surface area contributed by atoms with Gasteiger partial charge in [0.1, 0.15) is 6.10 Å². The van der Waals surface area contributed by atoms with E-state index in [0.717, 1.165) is 12.8 Å². The van der Waals surface area contributed by atoms with Crippen LogP contribution in [0.2, 0.25) is 0 Å². The lowest BCUT2D eigenvalue weighted by molar-refractivity contribution is -0.102. The third-order valence-electron chi connectivity index (χ3n) is 4.96. The summed E-state index contributed by atoms with van der Waals surface area (Å²) in [5.41, 5.74) is 0.807. The zero-order chi connectivity index (χ0) is 14.9. The van der Waals surface area contributed by atoms with Crippen LogP contribution in [0.1, 0.15) is 45.1 Å². The zero-order valence-corrected chi connectivity index (χ0v) is 13.0. The molecule has 3 heteroatoms. The van der Waals surface area contributed by atoms with E-state index in [9.17, 15) is 5.11 Å². The number of fused-ring (bicyclic) bond motifs is 1. The van der Waals surface area contributed by atoms with Crippen molar-refractivity contribution in [3.05, 3.63) is 35.9 Å². The maximum absolute atomic E-state index is 10.5. The molecule has 5 atom stereocenters. The maximum Gasteiger partial charge on any atom is 0.113 e. The summed E-state index contributed by atoms with van der Waals surface area (Å²) in [6.07, 6.45) is 4.12. The molecule has 0 amide bonds. The normalized spacial score (nSPS) is 38.0. The van der Waals surface area contributed by atoms with Crippen LogP contribution in [-0.4, -0.2) is 29.0 Å². The minimum absolute atomic E-state index is 0.159. The Morgan fingerprint density at radius 3 is 2.81 bits per heavy atom. The number of hydrogen-bond acceptors (Lipinski definition) is 3. The second kappa shape index (κ2) is 6.07. The molecule has 1 saturated heterocycles. The summed E-state index contributed by atoms with van der Waals surface area (Å²) >= 11 is 0. The fourth-order valence-corrected chi connectivity index (χ4v) is 3.60. The molecular formula is C18H26O3. The lowest BCUT2D eigenvalue weighted by Crippen LogP contribution is -2.48. The number of aliphatic hydroxyl groups is 1. The van der Waals surface area contributed by atoms with Crippen molar-refractivity contribution in [2.24, 2.45) is 5.92 Å². The Hall–Kier alpha value is -0.900. The molecule has 3 rings (SSSR count). The Morgan fingerprint density at radius 1 is 1.33 bits per heavy atom. The van der Waals surface area contributed by atoms with Gasteiger partial charge in [-0.3, -0.25) is 0 Å². The third kappa shape index (κ3) is 3.15. The fraction of sp³-hybridized carbons (Fsp3) is 0.667. The lowest BCUT2D eigenvalue weighted by atomic mass is 9.76. The predicted molar refractivity (Wildman–Crippen MR) is 81.9 cm³/mol. The molecule has 3 nitrogen and oxygen atoms in total. The minimum atomic E-state index is -0.358. The van der Waals surface area contributed by atoms with Crippen molar-refractivity contribution >= 4 is 0 Å². The molecule has 21 heavy (non-hydrogen) atoms. The number of epoxide rings is 1. The van der Waals surface area contributed by atoms with Gasteiger partial charge in [-0.15, -0.1) is 0 Å². The average molecular weight is 290 g/mol. The summed E-state index contributed by atoms with van der Waals surface area (Å²) in [5.74, 6) is 0.295. The van der Waals surface area contributed by atoms with E-state index < -0.39 is 0 Å².